The molecule has 26 heavy (non-hydrogen) atoms. The Balaban J connectivity index is 1.64. The molecule has 2 aromatic rings. The van der Waals surface area contributed by atoms with Gasteiger partial charge in [-0.3, -0.25) is 4.79 Å². The van der Waals surface area contributed by atoms with Crippen molar-refractivity contribution in [1.29, 1.82) is 0 Å². The van der Waals surface area contributed by atoms with Gasteiger partial charge in [0.05, 0.1) is 42.0 Å². The Hall–Kier alpha value is -2.56. The van der Waals surface area contributed by atoms with Crippen LogP contribution in [0, 0.1) is 13.8 Å². The van der Waals surface area contributed by atoms with Crippen LogP contribution in [0.5, 0.6) is 0 Å². The molecule has 11 heteroatoms. The molecule has 140 valence electrons. The molecule has 1 saturated heterocycles. The maximum absolute atomic E-state index is 12.8. The number of aromatic nitrogens is 5. The molecule has 1 fully saturated rings. The van der Waals surface area contributed by atoms with Gasteiger partial charge in [-0.2, -0.15) is 8.75 Å². The van der Waals surface area contributed by atoms with E-state index in [-0.39, 0.29) is 12.0 Å². The number of hydrogen-bond acceptors (Lipinski definition) is 8. The lowest BCUT2D eigenvalue weighted by Gasteiger charge is -2.33. The van der Waals surface area contributed by atoms with Crippen molar-refractivity contribution in [3.8, 4) is 0 Å². The van der Waals surface area contributed by atoms with Crippen LogP contribution in [0.1, 0.15) is 34.5 Å². The molecule has 10 nitrogen and oxygen atoms in total. The molecule has 1 aliphatic rings. The fourth-order valence-corrected chi connectivity index (χ4v) is 3.26. The SMILES string of the molecule is CCOC(=O)N1CCN(C(=O)c2nnn(Cc3nsnc3C)c2C)CC1. The third kappa shape index (κ3) is 3.66. The maximum Gasteiger partial charge on any atom is 0.409 e. The van der Waals surface area contributed by atoms with Gasteiger partial charge in [0.2, 0.25) is 0 Å². The van der Waals surface area contributed by atoms with Crippen LogP contribution in [0.2, 0.25) is 0 Å². The summed E-state index contributed by atoms with van der Waals surface area (Å²) >= 11 is 1.15. The second-order valence-corrected chi connectivity index (χ2v) is 6.48. The van der Waals surface area contributed by atoms with Gasteiger partial charge >= 0.3 is 6.09 Å². The second-order valence-electron chi connectivity index (χ2n) is 5.96. The standard InChI is InChI=1S/C15H21N7O3S/c1-4-25-15(24)21-7-5-20(6-8-21)14(23)13-11(3)22(19-16-13)9-12-10(2)17-26-18-12/h4-9H2,1-3H3. The molecule has 0 radical (unpaired) electrons. The smallest absolute Gasteiger partial charge is 0.409 e. The van der Waals surface area contributed by atoms with E-state index in [1.807, 2.05) is 13.8 Å². The normalized spacial score (nSPS) is 14.6. The quantitative estimate of drug-likeness (QED) is 0.770. The summed E-state index contributed by atoms with van der Waals surface area (Å²) < 4.78 is 15.0. The Kier molecular flexibility index (Phi) is 5.45. The fraction of sp³-hybridized carbons (Fsp3) is 0.600. The summed E-state index contributed by atoms with van der Waals surface area (Å²) in [4.78, 5) is 27.8. The van der Waals surface area contributed by atoms with E-state index < -0.39 is 0 Å². The highest BCUT2D eigenvalue weighted by Gasteiger charge is 2.28. The summed E-state index contributed by atoms with van der Waals surface area (Å²) in [6.45, 7) is 8.03. The van der Waals surface area contributed by atoms with Gasteiger partial charge < -0.3 is 14.5 Å². The third-order valence-electron chi connectivity index (χ3n) is 4.32. The summed E-state index contributed by atoms with van der Waals surface area (Å²) in [5.74, 6) is -0.176. The number of rotatable bonds is 4. The molecule has 2 amide bonds. The average molecular weight is 379 g/mol. The Bertz CT molecular complexity index is 795. The predicted molar refractivity (Wildman–Crippen MR) is 93.0 cm³/mol. The molecule has 1 aliphatic heterocycles. The second kappa shape index (κ2) is 7.77. The van der Waals surface area contributed by atoms with E-state index in [1.54, 1.807) is 21.4 Å². The third-order valence-corrected chi connectivity index (χ3v) is 4.98. The minimum absolute atomic E-state index is 0.176. The Labute approximate surface area is 155 Å². The summed E-state index contributed by atoms with van der Waals surface area (Å²) in [5, 5.41) is 8.14. The van der Waals surface area contributed by atoms with Crippen LogP contribution >= 0.6 is 11.7 Å². The molecule has 0 saturated carbocycles. The largest absolute Gasteiger partial charge is 0.450 e. The summed E-state index contributed by atoms with van der Waals surface area (Å²) in [5.41, 5.74) is 2.70. The van der Waals surface area contributed by atoms with Gasteiger partial charge in [-0.25, -0.2) is 9.48 Å². The van der Waals surface area contributed by atoms with Crippen LogP contribution < -0.4 is 0 Å². The summed E-state index contributed by atoms with van der Waals surface area (Å²) in [6, 6.07) is 0. The molecule has 0 spiro atoms. The van der Waals surface area contributed by atoms with Gasteiger partial charge in [-0.1, -0.05) is 5.21 Å². The van der Waals surface area contributed by atoms with Crippen LogP contribution in [0.25, 0.3) is 0 Å². The number of piperazine rings is 1. The topological polar surface area (TPSA) is 106 Å². The molecule has 2 aromatic heterocycles. The van der Waals surface area contributed by atoms with E-state index in [1.165, 1.54) is 0 Å². The first-order chi connectivity index (χ1) is 12.5. The molecule has 0 atom stereocenters. The van der Waals surface area contributed by atoms with E-state index in [2.05, 4.69) is 19.1 Å². The van der Waals surface area contributed by atoms with Crippen LogP contribution in [-0.4, -0.2) is 78.3 Å². The van der Waals surface area contributed by atoms with Crippen molar-refractivity contribution >= 4 is 23.7 Å². The minimum atomic E-state index is -0.339. The molecular formula is C15H21N7O3S. The van der Waals surface area contributed by atoms with Crippen molar-refractivity contribution in [2.75, 3.05) is 32.8 Å². The molecule has 0 aliphatic carbocycles. The van der Waals surface area contributed by atoms with Crippen molar-refractivity contribution in [2.45, 2.75) is 27.3 Å². The number of amides is 2. The molecule has 0 unspecified atom stereocenters. The van der Waals surface area contributed by atoms with Gasteiger partial charge in [-0.05, 0) is 20.8 Å². The van der Waals surface area contributed by atoms with Gasteiger partial charge in [0, 0.05) is 26.2 Å². The molecule has 0 aromatic carbocycles. The van der Waals surface area contributed by atoms with Crippen molar-refractivity contribution in [3.05, 3.63) is 22.8 Å². The lowest BCUT2D eigenvalue weighted by atomic mass is 10.2. The van der Waals surface area contributed by atoms with E-state index >= 15 is 0 Å². The predicted octanol–water partition coefficient (Wildman–Crippen LogP) is 0.709. The van der Waals surface area contributed by atoms with Crippen LogP contribution in [0.4, 0.5) is 4.79 Å². The van der Waals surface area contributed by atoms with Crippen molar-refractivity contribution in [2.24, 2.45) is 0 Å². The highest BCUT2D eigenvalue weighted by atomic mass is 32.1. The number of carbonyl (C=O) groups is 2. The van der Waals surface area contributed by atoms with E-state index in [9.17, 15) is 9.59 Å². The molecule has 0 N–H and O–H groups in total. The van der Waals surface area contributed by atoms with Gasteiger partial charge in [0.15, 0.2) is 5.69 Å². The van der Waals surface area contributed by atoms with Gasteiger partial charge in [-0.15, -0.1) is 5.10 Å². The number of hydrogen-bond donors (Lipinski definition) is 0. The zero-order valence-corrected chi connectivity index (χ0v) is 15.8. The number of ether oxygens (including phenoxy) is 1. The lowest BCUT2D eigenvalue weighted by molar-refractivity contribution is 0.0565. The van der Waals surface area contributed by atoms with E-state index in [4.69, 9.17) is 4.74 Å². The maximum atomic E-state index is 12.8. The zero-order valence-electron chi connectivity index (χ0n) is 15.0. The van der Waals surface area contributed by atoms with Crippen molar-refractivity contribution in [3.63, 3.8) is 0 Å². The minimum Gasteiger partial charge on any atom is -0.450 e. The molecule has 3 heterocycles. The monoisotopic (exact) mass is 379 g/mol. The molecule has 3 rings (SSSR count). The lowest BCUT2D eigenvalue weighted by Crippen LogP contribution is -2.50. The van der Waals surface area contributed by atoms with Gasteiger partial charge in [0.1, 0.15) is 0 Å². The van der Waals surface area contributed by atoms with Crippen molar-refractivity contribution < 1.29 is 14.3 Å². The first-order valence-electron chi connectivity index (χ1n) is 8.40. The summed E-state index contributed by atoms with van der Waals surface area (Å²) in [7, 11) is 0. The summed E-state index contributed by atoms with van der Waals surface area (Å²) in [6.07, 6.45) is -0.339. The Morgan fingerprint density at radius 1 is 1.12 bits per heavy atom. The fourth-order valence-electron chi connectivity index (χ4n) is 2.70. The van der Waals surface area contributed by atoms with E-state index in [0.717, 1.165) is 23.1 Å². The number of carbonyl (C=O) groups excluding carboxylic acids is 2. The highest BCUT2D eigenvalue weighted by Crippen LogP contribution is 2.13. The number of aryl methyl sites for hydroxylation is 1. The first-order valence-corrected chi connectivity index (χ1v) is 9.13. The Morgan fingerprint density at radius 2 is 1.81 bits per heavy atom. The van der Waals surface area contributed by atoms with Gasteiger partial charge in [0.25, 0.3) is 5.91 Å². The first kappa shape index (κ1) is 18.2. The van der Waals surface area contributed by atoms with Crippen LogP contribution in [0.3, 0.4) is 0 Å². The van der Waals surface area contributed by atoms with Crippen LogP contribution in [0.15, 0.2) is 0 Å². The van der Waals surface area contributed by atoms with E-state index in [0.29, 0.717) is 50.7 Å². The highest BCUT2D eigenvalue weighted by molar-refractivity contribution is 6.99. The molecule has 0 bridgehead atoms. The number of nitrogens with zero attached hydrogens (tertiary/aromatic N) is 7. The Morgan fingerprint density at radius 3 is 2.42 bits per heavy atom. The zero-order chi connectivity index (χ0) is 18.7. The molecular weight excluding hydrogens is 358 g/mol. The van der Waals surface area contributed by atoms with Crippen molar-refractivity contribution in [1.82, 2.24) is 33.5 Å². The van der Waals surface area contributed by atoms with Crippen LogP contribution in [-0.2, 0) is 11.3 Å². The average Bonchev–Trinajstić information content (AvgIpc) is 3.21.